The Morgan fingerprint density at radius 2 is 1.72 bits per heavy atom. The highest BCUT2D eigenvalue weighted by Gasteiger charge is 2.15. The fourth-order valence-electron chi connectivity index (χ4n) is 2.04. The molecule has 2 nitrogen and oxygen atoms in total. The molecule has 0 saturated heterocycles. The summed E-state index contributed by atoms with van der Waals surface area (Å²) in [5.74, 6) is 0.372. The zero-order valence-corrected chi connectivity index (χ0v) is 12.8. The molecule has 0 fully saturated rings. The monoisotopic (exact) mass is 311 g/mol. The quantitative estimate of drug-likeness (QED) is 0.800. The van der Waals surface area contributed by atoms with Crippen molar-refractivity contribution in [3.63, 3.8) is 0 Å². The van der Waals surface area contributed by atoms with Crippen molar-refractivity contribution in [3.05, 3.63) is 34.3 Å². The van der Waals surface area contributed by atoms with Crippen LogP contribution in [0.5, 0.6) is 0 Å². The summed E-state index contributed by atoms with van der Waals surface area (Å²) in [7, 11) is 0. The molecule has 0 bridgehead atoms. The van der Waals surface area contributed by atoms with E-state index in [1.165, 1.54) is 0 Å². The van der Waals surface area contributed by atoms with Gasteiger partial charge in [-0.05, 0) is 30.5 Å². The van der Waals surface area contributed by atoms with Gasteiger partial charge in [-0.25, -0.2) is 0 Å². The number of carbonyl (C=O) groups excluding carboxylic acids is 1. The summed E-state index contributed by atoms with van der Waals surface area (Å²) in [6.45, 7) is 4.88. The zero-order chi connectivity index (χ0) is 13.4. The summed E-state index contributed by atoms with van der Waals surface area (Å²) in [6.07, 6.45) is 4.10. The van der Waals surface area contributed by atoms with Gasteiger partial charge in [0.25, 0.3) is 0 Å². The second-order valence-electron chi connectivity index (χ2n) is 4.62. The largest absolute Gasteiger partial charge is 0.352 e. The Balaban J connectivity index is 2.45. The van der Waals surface area contributed by atoms with Crippen molar-refractivity contribution >= 4 is 21.8 Å². The molecule has 1 N–H and O–H groups in total. The molecule has 0 saturated carbocycles. The third kappa shape index (κ3) is 5.21. The number of benzene rings is 1. The third-order valence-corrected chi connectivity index (χ3v) is 3.55. The van der Waals surface area contributed by atoms with Gasteiger partial charge in [-0.3, -0.25) is 4.79 Å². The minimum absolute atomic E-state index is 0.176. The number of nitrogens with one attached hydrogen (secondary N) is 1. The van der Waals surface area contributed by atoms with Crippen LogP contribution in [0.4, 0.5) is 0 Å². The van der Waals surface area contributed by atoms with Crippen LogP contribution in [-0.2, 0) is 11.3 Å². The zero-order valence-electron chi connectivity index (χ0n) is 11.2. The molecule has 0 atom stereocenters. The average Bonchev–Trinajstić information content (AvgIpc) is 2.37. The van der Waals surface area contributed by atoms with Crippen LogP contribution in [0.15, 0.2) is 28.7 Å². The van der Waals surface area contributed by atoms with Crippen LogP contribution in [0.2, 0.25) is 0 Å². The van der Waals surface area contributed by atoms with Gasteiger partial charge in [0.05, 0.1) is 0 Å². The van der Waals surface area contributed by atoms with Crippen molar-refractivity contribution in [3.8, 4) is 0 Å². The number of rotatable bonds is 7. The molecule has 3 heteroatoms. The first-order valence-corrected chi connectivity index (χ1v) is 7.48. The summed E-state index contributed by atoms with van der Waals surface area (Å²) < 4.78 is 1.06. The highest BCUT2D eigenvalue weighted by atomic mass is 79.9. The van der Waals surface area contributed by atoms with E-state index in [1.54, 1.807) is 0 Å². The van der Waals surface area contributed by atoms with Crippen LogP contribution >= 0.6 is 15.9 Å². The van der Waals surface area contributed by atoms with E-state index in [1.807, 2.05) is 24.3 Å². The lowest BCUT2D eigenvalue weighted by Crippen LogP contribution is -2.30. The summed E-state index contributed by atoms with van der Waals surface area (Å²) in [5, 5.41) is 3.03. The van der Waals surface area contributed by atoms with Crippen LogP contribution in [0.3, 0.4) is 0 Å². The first-order chi connectivity index (χ1) is 8.67. The summed E-state index contributed by atoms with van der Waals surface area (Å²) in [4.78, 5) is 12.0. The van der Waals surface area contributed by atoms with Gasteiger partial charge in [-0.15, -0.1) is 0 Å². The van der Waals surface area contributed by atoms with Gasteiger partial charge in [-0.1, -0.05) is 54.8 Å². The molecule has 1 amide bonds. The molecule has 18 heavy (non-hydrogen) atoms. The van der Waals surface area contributed by atoms with Crippen molar-refractivity contribution in [2.24, 2.45) is 5.92 Å². The lowest BCUT2D eigenvalue weighted by molar-refractivity contribution is -0.125. The number of hydrogen-bond donors (Lipinski definition) is 1. The van der Waals surface area contributed by atoms with Gasteiger partial charge in [0.2, 0.25) is 5.91 Å². The van der Waals surface area contributed by atoms with Crippen molar-refractivity contribution in [1.82, 2.24) is 5.32 Å². The average molecular weight is 312 g/mol. The molecular formula is C15H22BrNO. The summed E-state index contributed by atoms with van der Waals surface area (Å²) >= 11 is 3.40. The van der Waals surface area contributed by atoms with Crippen LogP contribution in [-0.4, -0.2) is 5.91 Å². The first kappa shape index (κ1) is 15.2. The molecule has 0 spiro atoms. The lowest BCUT2D eigenvalue weighted by atomic mass is 9.97. The molecule has 0 radical (unpaired) electrons. The molecule has 1 aromatic rings. The predicted molar refractivity (Wildman–Crippen MR) is 79.3 cm³/mol. The van der Waals surface area contributed by atoms with Crippen LogP contribution in [0, 0.1) is 5.92 Å². The second kappa shape index (κ2) is 8.30. The van der Waals surface area contributed by atoms with Crippen LogP contribution < -0.4 is 5.32 Å². The number of carbonyl (C=O) groups is 1. The van der Waals surface area contributed by atoms with E-state index in [9.17, 15) is 4.79 Å². The smallest absolute Gasteiger partial charge is 0.223 e. The summed E-state index contributed by atoms with van der Waals surface area (Å²) in [5.41, 5.74) is 1.14. The Kier molecular flexibility index (Phi) is 7.02. The van der Waals surface area contributed by atoms with Gasteiger partial charge in [0.15, 0.2) is 0 Å². The van der Waals surface area contributed by atoms with E-state index in [0.717, 1.165) is 35.7 Å². The normalized spacial score (nSPS) is 10.7. The van der Waals surface area contributed by atoms with Gasteiger partial charge in [0.1, 0.15) is 0 Å². The Morgan fingerprint density at radius 1 is 1.17 bits per heavy atom. The van der Waals surface area contributed by atoms with Crippen LogP contribution in [0.1, 0.15) is 45.1 Å². The Bertz CT molecular complexity index is 355. The molecular weight excluding hydrogens is 290 g/mol. The molecule has 0 unspecified atom stereocenters. The third-order valence-electron chi connectivity index (χ3n) is 3.03. The Hall–Kier alpha value is -0.830. The molecule has 0 aromatic heterocycles. The Labute approximate surface area is 118 Å². The molecule has 1 aromatic carbocycles. The molecule has 1 rings (SSSR count). The minimum Gasteiger partial charge on any atom is -0.352 e. The maximum atomic E-state index is 12.0. The van der Waals surface area contributed by atoms with Crippen LogP contribution in [0.25, 0.3) is 0 Å². The molecule has 0 aliphatic heterocycles. The van der Waals surface area contributed by atoms with E-state index >= 15 is 0 Å². The van der Waals surface area contributed by atoms with E-state index in [4.69, 9.17) is 0 Å². The van der Waals surface area contributed by atoms with E-state index in [0.29, 0.717) is 6.54 Å². The van der Waals surface area contributed by atoms with Gasteiger partial charge in [-0.2, -0.15) is 0 Å². The van der Waals surface area contributed by atoms with Gasteiger partial charge in [0, 0.05) is 16.9 Å². The molecule has 0 heterocycles. The van der Waals surface area contributed by atoms with Crippen molar-refractivity contribution in [2.45, 2.75) is 46.1 Å². The fraction of sp³-hybridized carbons (Fsp3) is 0.533. The number of hydrogen-bond acceptors (Lipinski definition) is 1. The maximum Gasteiger partial charge on any atom is 0.223 e. The van der Waals surface area contributed by atoms with E-state index < -0.39 is 0 Å². The number of halogens is 1. The Morgan fingerprint density at radius 3 is 2.22 bits per heavy atom. The highest BCUT2D eigenvalue weighted by molar-refractivity contribution is 9.10. The fourth-order valence-corrected chi connectivity index (χ4v) is 2.30. The van der Waals surface area contributed by atoms with Crippen molar-refractivity contribution in [1.29, 1.82) is 0 Å². The van der Waals surface area contributed by atoms with Crippen molar-refractivity contribution < 1.29 is 4.79 Å². The molecule has 100 valence electrons. The van der Waals surface area contributed by atoms with Crippen molar-refractivity contribution in [2.75, 3.05) is 0 Å². The standard InChI is InChI=1S/C15H22BrNO/c1-3-5-13(6-4-2)15(18)17-11-12-7-9-14(16)10-8-12/h7-10,13H,3-6,11H2,1-2H3,(H,17,18). The summed E-state index contributed by atoms with van der Waals surface area (Å²) in [6, 6.07) is 8.05. The second-order valence-corrected chi connectivity index (χ2v) is 5.53. The lowest BCUT2D eigenvalue weighted by Gasteiger charge is -2.15. The minimum atomic E-state index is 0.176. The van der Waals surface area contributed by atoms with E-state index in [2.05, 4.69) is 35.1 Å². The van der Waals surface area contributed by atoms with Gasteiger partial charge >= 0.3 is 0 Å². The topological polar surface area (TPSA) is 29.1 Å². The maximum absolute atomic E-state index is 12.0. The SMILES string of the molecule is CCCC(CCC)C(=O)NCc1ccc(Br)cc1. The number of amides is 1. The van der Waals surface area contributed by atoms with Gasteiger partial charge < -0.3 is 5.32 Å². The predicted octanol–water partition coefficient (Wildman–Crippen LogP) is 4.28. The molecule has 0 aliphatic rings. The molecule has 0 aliphatic carbocycles. The first-order valence-electron chi connectivity index (χ1n) is 6.69. The van der Waals surface area contributed by atoms with E-state index in [-0.39, 0.29) is 11.8 Å². The highest BCUT2D eigenvalue weighted by Crippen LogP contribution is 2.14.